The van der Waals surface area contributed by atoms with E-state index >= 15 is 0 Å². The number of hydrogen-bond donors (Lipinski definition) is 0. The summed E-state index contributed by atoms with van der Waals surface area (Å²) in [4.78, 5) is 0. The number of aryl methyl sites for hydroxylation is 1. The topological polar surface area (TPSA) is 61.8 Å². The molecule has 0 aromatic heterocycles. The molecule has 0 spiro atoms. The molecule has 0 N–H and O–H groups in total. The second-order valence-electron chi connectivity index (χ2n) is 5.31. The Bertz CT molecular complexity index is 781. The van der Waals surface area contributed by atoms with Crippen molar-refractivity contribution in [2.45, 2.75) is 12.8 Å². The van der Waals surface area contributed by atoms with Crippen molar-refractivity contribution in [2.75, 3.05) is 19.5 Å². The molecule has 0 bridgehead atoms. The molecule has 0 unspecified atom stereocenters. The van der Waals surface area contributed by atoms with Gasteiger partial charge in [-0.25, -0.2) is 0 Å². The summed E-state index contributed by atoms with van der Waals surface area (Å²) < 4.78 is 39.7. The summed E-state index contributed by atoms with van der Waals surface area (Å²) in [6, 6.07) is 12.3. The molecule has 0 saturated carbocycles. The van der Waals surface area contributed by atoms with Crippen LogP contribution in [0, 0.1) is 0 Å². The number of benzene rings is 2. The van der Waals surface area contributed by atoms with Crippen LogP contribution in [-0.4, -0.2) is 27.9 Å². The van der Waals surface area contributed by atoms with Crippen molar-refractivity contribution in [2.24, 2.45) is 0 Å². The van der Waals surface area contributed by atoms with Crippen LogP contribution in [-0.2, 0) is 23.0 Å². The van der Waals surface area contributed by atoms with Gasteiger partial charge in [0.1, 0.15) is 17.2 Å². The minimum atomic E-state index is -3.64. The van der Waals surface area contributed by atoms with Crippen LogP contribution < -0.4 is 13.7 Å². The van der Waals surface area contributed by atoms with Gasteiger partial charge in [0.25, 0.3) is 0 Å². The molecule has 0 saturated heterocycles. The lowest BCUT2D eigenvalue weighted by Gasteiger charge is -2.08. The summed E-state index contributed by atoms with van der Waals surface area (Å²) in [6.07, 6.45) is 1.28. The van der Waals surface area contributed by atoms with E-state index in [-0.39, 0.29) is 11.5 Å². The Balaban J connectivity index is 1.62. The summed E-state index contributed by atoms with van der Waals surface area (Å²) in [5.41, 5.74) is 2.10. The molecule has 122 valence electrons. The van der Waals surface area contributed by atoms with Crippen LogP contribution in [0.1, 0.15) is 11.1 Å². The quantitative estimate of drug-likeness (QED) is 0.760. The molecule has 0 aliphatic carbocycles. The molecule has 2 aromatic carbocycles. The largest absolute Gasteiger partial charge is 0.497 e. The third-order valence-electron chi connectivity index (χ3n) is 3.68. The molecule has 0 radical (unpaired) electrons. The Morgan fingerprint density at radius 3 is 2.57 bits per heavy atom. The molecule has 5 nitrogen and oxygen atoms in total. The first-order valence-corrected chi connectivity index (χ1v) is 8.94. The summed E-state index contributed by atoms with van der Waals surface area (Å²) in [7, 11) is -2.09. The lowest BCUT2D eigenvalue weighted by atomic mass is 10.1. The molecule has 2 aromatic rings. The number of fused-ring (bicyclic) bond motifs is 1. The maximum absolute atomic E-state index is 12.1. The maximum atomic E-state index is 12.1. The van der Waals surface area contributed by atoms with Gasteiger partial charge in [-0.1, -0.05) is 12.1 Å². The van der Waals surface area contributed by atoms with E-state index in [9.17, 15) is 8.42 Å². The van der Waals surface area contributed by atoms with E-state index in [0.717, 1.165) is 23.3 Å². The highest BCUT2D eigenvalue weighted by molar-refractivity contribution is 7.87. The molecule has 1 aliphatic heterocycles. The highest BCUT2D eigenvalue weighted by Crippen LogP contribution is 2.26. The van der Waals surface area contributed by atoms with Gasteiger partial charge in [0.15, 0.2) is 0 Å². The first-order valence-electron chi connectivity index (χ1n) is 7.36. The number of methoxy groups -OCH3 is 1. The van der Waals surface area contributed by atoms with Gasteiger partial charge in [0.05, 0.1) is 19.5 Å². The normalized spacial score (nSPS) is 13.3. The van der Waals surface area contributed by atoms with Crippen LogP contribution in [0.2, 0.25) is 0 Å². The predicted molar refractivity (Wildman–Crippen MR) is 86.8 cm³/mol. The fourth-order valence-electron chi connectivity index (χ4n) is 2.46. The van der Waals surface area contributed by atoms with Crippen LogP contribution in [0.5, 0.6) is 17.2 Å². The highest BCUT2D eigenvalue weighted by Gasteiger charge is 2.16. The van der Waals surface area contributed by atoms with Crippen molar-refractivity contribution < 1.29 is 22.1 Å². The van der Waals surface area contributed by atoms with E-state index in [1.54, 1.807) is 31.4 Å². The smallest absolute Gasteiger partial charge is 0.309 e. The number of ether oxygens (including phenoxy) is 2. The lowest BCUT2D eigenvalue weighted by Crippen LogP contribution is -2.15. The van der Waals surface area contributed by atoms with Crippen LogP contribution in [0.25, 0.3) is 0 Å². The van der Waals surface area contributed by atoms with Gasteiger partial charge in [0.2, 0.25) is 0 Å². The average molecular weight is 334 g/mol. The van der Waals surface area contributed by atoms with E-state index in [4.69, 9.17) is 13.7 Å². The van der Waals surface area contributed by atoms with Gasteiger partial charge >= 0.3 is 10.1 Å². The van der Waals surface area contributed by atoms with Crippen molar-refractivity contribution in [3.8, 4) is 17.2 Å². The van der Waals surface area contributed by atoms with E-state index in [1.807, 2.05) is 18.2 Å². The zero-order valence-corrected chi connectivity index (χ0v) is 13.6. The van der Waals surface area contributed by atoms with Crippen molar-refractivity contribution in [3.05, 3.63) is 53.6 Å². The lowest BCUT2D eigenvalue weighted by molar-refractivity contribution is 0.357. The standard InChI is InChI=1S/C17H18O5S/c1-20-15-3-5-16(6-4-15)22-23(18,19)11-9-13-2-7-17-14(12-13)8-10-21-17/h2-7,12H,8-11H2,1H3. The van der Waals surface area contributed by atoms with Gasteiger partial charge in [-0.2, -0.15) is 8.42 Å². The van der Waals surface area contributed by atoms with Gasteiger partial charge in [-0.15, -0.1) is 0 Å². The van der Waals surface area contributed by atoms with Gasteiger partial charge < -0.3 is 13.7 Å². The average Bonchev–Trinajstić information content (AvgIpc) is 3.01. The molecule has 3 rings (SSSR count). The Morgan fingerprint density at radius 1 is 1.09 bits per heavy atom. The molecule has 0 amide bonds. The van der Waals surface area contributed by atoms with Crippen LogP contribution >= 0.6 is 0 Å². The Morgan fingerprint density at radius 2 is 1.83 bits per heavy atom. The molecule has 0 fully saturated rings. The Labute approximate surface area is 135 Å². The molecule has 0 atom stereocenters. The SMILES string of the molecule is COc1ccc(OS(=O)(=O)CCc2ccc3c(c2)CCO3)cc1. The summed E-state index contributed by atoms with van der Waals surface area (Å²) >= 11 is 0. The monoisotopic (exact) mass is 334 g/mol. The number of hydrogen-bond acceptors (Lipinski definition) is 5. The summed E-state index contributed by atoms with van der Waals surface area (Å²) in [5, 5.41) is 0. The van der Waals surface area contributed by atoms with E-state index < -0.39 is 10.1 Å². The molecule has 1 aliphatic rings. The third kappa shape index (κ3) is 3.96. The van der Waals surface area contributed by atoms with Crippen molar-refractivity contribution in [1.29, 1.82) is 0 Å². The van der Waals surface area contributed by atoms with Crippen molar-refractivity contribution >= 4 is 10.1 Å². The van der Waals surface area contributed by atoms with Crippen LogP contribution in [0.3, 0.4) is 0 Å². The first-order chi connectivity index (χ1) is 11.1. The molecule has 1 heterocycles. The van der Waals surface area contributed by atoms with Crippen molar-refractivity contribution in [1.82, 2.24) is 0 Å². The predicted octanol–water partition coefficient (Wildman–Crippen LogP) is 2.58. The van der Waals surface area contributed by atoms with E-state index in [1.165, 1.54) is 0 Å². The molecular weight excluding hydrogens is 316 g/mol. The minimum Gasteiger partial charge on any atom is -0.497 e. The highest BCUT2D eigenvalue weighted by atomic mass is 32.2. The third-order valence-corrected chi connectivity index (χ3v) is 4.83. The molecule has 23 heavy (non-hydrogen) atoms. The van der Waals surface area contributed by atoms with E-state index in [2.05, 4.69) is 0 Å². The second kappa shape index (κ2) is 6.50. The fraction of sp³-hybridized carbons (Fsp3) is 0.294. The Hall–Kier alpha value is -2.21. The minimum absolute atomic E-state index is 0.0708. The van der Waals surface area contributed by atoms with Crippen LogP contribution in [0.4, 0.5) is 0 Å². The zero-order valence-electron chi connectivity index (χ0n) is 12.8. The first kappa shape index (κ1) is 15.7. The number of rotatable bonds is 6. The van der Waals surface area contributed by atoms with E-state index in [0.29, 0.717) is 18.8 Å². The second-order valence-corrected chi connectivity index (χ2v) is 7.00. The summed E-state index contributed by atoms with van der Waals surface area (Å²) in [5.74, 6) is 1.76. The zero-order chi connectivity index (χ0) is 16.3. The molecular formula is C17H18O5S. The van der Waals surface area contributed by atoms with Gasteiger partial charge in [-0.05, 0) is 47.9 Å². The fourth-order valence-corrected chi connectivity index (χ4v) is 3.43. The Kier molecular flexibility index (Phi) is 4.43. The maximum Gasteiger partial charge on any atom is 0.309 e. The summed E-state index contributed by atoms with van der Waals surface area (Å²) in [6.45, 7) is 0.692. The van der Waals surface area contributed by atoms with Gasteiger partial charge in [0, 0.05) is 6.42 Å². The van der Waals surface area contributed by atoms with Crippen molar-refractivity contribution in [3.63, 3.8) is 0 Å². The van der Waals surface area contributed by atoms with Gasteiger partial charge in [-0.3, -0.25) is 0 Å². The van der Waals surface area contributed by atoms with Crippen LogP contribution in [0.15, 0.2) is 42.5 Å². The molecule has 6 heteroatoms.